The summed E-state index contributed by atoms with van der Waals surface area (Å²) in [5.74, 6) is 0. The van der Waals surface area contributed by atoms with Crippen LogP contribution in [0.1, 0.15) is 76.3 Å². The van der Waals surface area contributed by atoms with Gasteiger partial charge in [0.25, 0.3) is 0 Å². The monoisotopic (exact) mass is 525 g/mol. The fraction of sp³-hybridized carbons (Fsp3) is 0.406. The number of ether oxygens (including phenoxy) is 2. The van der Waals surface area contributed by atoms with Gasteiger partial charge in [0.05, 0.1) is 11.7 Å². The Bertz CT molecular complexity index is 1400. The van der Waals surface area contributed by atoms with Crippen molar-refractivity contribution >= 4 is 22.0 Å². The van der Waals surface area contributed by atoms with Crippen LogP contribution in [0.3, 0.4) is 0 Å². The first-order valence-electron chi connectivity index (χ1n) is 14.0. The van der Waals surface area contributed by atoms with Crippen LogP contribution in [-0.2, 0) is 4.74 Å². The van der Waals surface area contributed by atoms with Crippen molar-refractivity contribution in [1.82, 2.24) is 25.1 Å². The van der Waals surface area contributed by atoms with E-state index in [0.717, 1.165) is 60.0 Å². The van der Waals surface area contributed by atoms with Crippen molar-refractivity contribution < 1.29 is 9.47 Å². The average Bonchev–Trinajstić information content (AvgIpc) is 3.38. The molecule has 0 bridgehead atoms. The number of fused-ring (bicyclic) bond motifs is 1. The van der Waals surface area contributed by atoms with Gasteiger partial charge in [0.1, 0.15) is 6.61 Å². The predicted molar refractivity (Wildman–Crippen MR) is 157 cm³/mol. The fourth-order valence-corrected chi connectivity index (χ4v) is 5.12. The van der Waals surface area contributed by atoms with E-state index in [1.807, 2.05) is 29.3 Å². The highest BCUT2D eigenvalue weighted by Gasteiger charge is 2.20. The Morgan fingerprint density at radius 2 is 1.79 bits per heavy atom. The largest absolute Gasteiger partial charge is 0.462 e. The van der Waals surface area contributed by atoms with Gasteiger partial charge < -0.3 is 14.8 Å². The Morgan fingerprint density at radius 1 is 1.00 bits per heavy atom. The third-order valence-corrected chi connectivity index (χ3v) is 7.00. The summed E-state index contributed by atoms with van der Waals surface area (Å²) in [4.78, 5) is 9.14. The molecule has 39 heavy (non-hydrogen) atoms. The molecule has 5 rings (SSSR count). The van der Waals surface area contributed by atoms with Crippen LogP contribution in [0, 0.1) is 0 Å². The highest BCUT2D eigenvalue weighted by Crippen LogP contribution is 2.36. The quantitative estimate of drug-likeness (QED) is 0.195. The molecule has 7 heteroatoms. The molecule has 4 aromatic rings. The van der Waals surface area contributed by atoms with Crippen molar-refractivity contribution in [3.63, 3.8) is 0 Å². The van der Waals surface area contributed by atoms with Crippen LogP contribution in [0.25, 0.3) is 22.0 Å². The van der Waals surface area contributed by atoms with Crippen LogP contribution in [0.4, 0.5) is 0 Å². The number of benzene rings is 2. The van der Waals surface area contributed by atoms with Gasteiger partial charge in [0.15, 0.2) is 6.23 Å². The highest BCUT2D eigenvalue weighted by atomic mass is 16.5. The highest BCUT2D eigenvalue weighted by molar-refractivity contribution is 6.00. The number of hydrogen-bond acceptors (Lipinski definition) is 6. The first-order valence-corrected chi connectivity index (χ1v) is 14.0. The molecule has 0 radical (unpaired) electrons. The Balaban J connectivity index is 1.49. The van der Waals surface area contributed by atoms with Crippen LogP contribution in [-0.4, -0.2) is 45.0 Å². The van der Waals surface area contributed by atoms with Gasteiger partial charge in [-0.3, -0.25) is 0 Å². The third-order valence-electron chi connectivity index (χ3n) is 7.00. The second-order valence-corrected chi connectivity index (χ2v) is 11.0. The van der Waals surface area contributed by atoms with Crippen LogP contribution < -0.4 is 10.1 Å². The summed E-state index contributed by atoms with van der Waals surface area (Å²) in [5, 5.41) is 9.22. The average molecular weight is 526 g/mol. The van der Waals surface area contributed by atoms with E-state index in [1.165, 1.54) is 17.6 Å². The lowest BCUT2D eigenvalue weighted by atomic mass is 9.89. The maximum Gasteiger partial charge on any atom is 0.316 e. The summed E-state index contributed by atoms with van der Waals surface area (Å²) in [6.07, 6.45) is 9.84. The number of aromatic nitrogens is 4. The molecule has 1 saturated heterocycles. The minimum absolute atomic E-state index is 0.00665. The van der Waals surface area contributed by atoms with Gasteiger partial charge in [-0.1, -0.05) is 43.3 Å². The summed E-state index contributed by atoms with van der Waals surface area (Å²) in [7, 11) is 0. The zero-order chi connectivity index (χ0) is 27.2. The SMILES string of the molecule is CC/C(=C(/c1cnc(OCCNC(C)(C)C)nc1)c1ccc2c(cnn2C2CCCCO2)c1)c1ccccc1. The Kier molecular flexibility index (Phi) is 8.38. The maximum absolute atomic E-state index is 6.01. The Hall–Kier alpha value is -3.55. The number of rotatable bonds is 9. The summed E-state index contributed by atoms with van der Waals surface area (Å²) in [6.45, 7) is 10.6. The summed E-state index contributed by atoms with van der Waals surface area (Å²) in [5.41, 5.74) is 6.75. The molecule has 3 heterocycles. The van der Waals surface area contributed by atoms with Crippen molar-refractivity contribution in [2.45, 2.75) is 65.1 Å². The molecule has 1 N–H and O–H groups in total. The van der Waals surface area contributed by atoms with E-state index in [4.69, 9.17) is 14.6 Å². The number of hydrogen-bond donors (Lipinski definition) is 1. The minimum atomic E-state index is 0.00665. The van der Waals surface area contributed by atoms with Crippen molar-refractivity contribution in [3.8, 4) is 6.01 Å². The molecule has 0 aliphatic carbocycles. The van der Waals surface area contributed by atoms with Gasteiger partial charge >= 0.3 is 6.01 Å². The summed E-state index contributed by atoms with van der Waals surface area (Å²) in [6, 6.07) is 17.5. The third kappa shape index (κ3) is 6.54. The van der Waals surface area contributed by atoms with Gasteiger partial charge in [-0.25, -0.2) is 14.6 Å². The summed E-state index contributed by atoms with van der Waals surface area (Å²) >= 11 is 0. The smallest absolute Gasteiger partial charge is 0.316 e. The zero-order valence-corrected chi connectivity index (χ0v) is 23.5. The number of allylic oxidation sites excluding steroid dienone is 1. The second-order valence-electron chi connectivity index (χ2n) is 11.0. The maximum atomic E-state index is 6.01. The molecule has 1 aliphatic heterocycles. The molecule has 1 fully saturated rings. The number of nitrogens with zero attached hydrogens (tertiary/aromatic N) is 4. The molecule has 7 nitrogen and oxygen atoms in total. The molecule has 0 spiro atoms. The molecule has 1 atom stereocenters. The van der Waals surface area contributed by atoms with Crippen LogP contribution in [0.5, 0.6) is 6.01 Å². The Labute approximate surface area is 231 Å². The van der Waals surface area contributed by atoms with Gasteiger partial charge in [0, 0.05) is 42.0 Å². The molecule has 0 amide bonds. The van der Waals surface area contributed by atoms with Crippen molar-refractivity contribution in [3.05, 3.63) is 83.8 Å². The normalized spacial score (nSPS) is 16.8. The second kappa shape index (κ2) is 12.1. The zero-order valence-electron chi connectivity index (χ0n) is 23.5. The topological polar surface area (TPSA) is 74.1 Å². The molecule has 204 valence electrons. The van der Waals surface area contributed by atoms with Crippen LogP contribution in [0.2, 0.25) is 0 Å². The van der Waals surface area contributed by atoms with E-state index < -0.39 is 0 Å². The molecule has 2 aromatic heterocycles. The lowest BCUT2D eigenvalue weighted by Gasteiger charge is -2.23. The van der Waals surface area contributed by atoms with E-state index in [-0.39, 0.29) is 11.8 Å². The lowest BCUT2D eigenvalue weighted by molar-refractivity contribution is -0.0366. The van der Waals surface area contributed by atoms with Crippen LogP contribution >= 0.6 is 0 Å². The summed E-state index contributed by atoms with van der Waals surface area (Å²) < 4.78 is 13.9. The minimum Gasteiger partial charge on any atom is -0.462 e. The fourth-order valence-electron chi connectivity index (χ4n) is 5.12. The standard InChI is InChI=1S/C32H39N5O2/c1-5-27(23-11-7-6-8-12-23)30(26-20-33-31(34-21-26)39-18-16-35-32(2,3)4)24-14-15-28-25(19-24)22-36-37(28)29-13-9-10-17-38-29/h6-8,11-12,14-15,19-22,29,35H,5,9-10,13,16-18H2,1-4H3/b30-27-. The molecule has 2 aromatic carbocycles. The lowest BCUT2D eigenvalue weighted by Crippen LogP contribution is -2.38. The van der Waals surface area contributed by atoms with E-state index in [0.29, 0.717) is 12.6 Å². The molecular formula is C32H39N5O2. The molecule has 1 aliphatic rings. The van der Waals surface area contributed by atoms with Gasteiger partial charge in [0.2, 0.25) is 0 Å². The molecule has 1 unspecified atom stereocenters. The van der Waals surface area contributed by atoms with E-state index >= 15 is 0 Å². The van der Waals surface area contributed by atoms with E-state index in [2.05, 4.69) is 85.4 Å². The van der Waals surface area contributed by atoms with E-state index in [9.17, 15) is 0 Å². The Morgan fingerprint density at radius 3 is 2.49 bits per heavy atom. The van der Waals surface area contributed by atoms with Gasteiger partial charge in [-0.15, -0.1) is 0 Å². The van der Waals surface area contributed by atoms with Crippen molar-refractivity contribution in [2.75, 3.05) is 19.8 Å². The molecular weight excluding hydrogens is 486 g/mol. The van der Waals surface area contributed by atoms with Gasteiger partial charge in [-0.05, 0) is 80.9 Å². The number of nitrogens with one attached hydrogen (secondary N) is 1. The van der Waals surface area contributed by atoms with Gasteiger partial charge in [-0.2, -0.15) is 5.10 Å². The molecule has 0 saturated carbocycles. The van der Waals surface area contributed by atoms with Crippen molar-refractivity contribution in [1.29, 1.82) is 0 Å². The van der Waals surface area contributed by atoms with Crippen LogP contribution in [0.15, 0.2) is 67.1 Å². The van der Waals surface area contributed by atoms with Crippen molar-refractivity contribution in [2.24, 2.45) is 0 Å². The first kappa shape index (κ1) is 27.0. The predicted octanol–water partition coefficient (Wildman–Crippen LogP) is 6.66. The first-order chi connectivity index (χ1) is 18.9. The van der Waals surface area contributed by atoms with E-state index in [1.54, 1.807) is 0 Å².